The molecule has 1 saturated carbocycles. The molecule has 16 heavy (non-hydrogen) atoms. The van der Waals surface area contributed by atoms with E-state index in [1.807, 2.05) is 13.8 Å². The first-order valence-electron chi connectivity index (χ1n) is 5.17. The fraction of sp³-hybridized carbons (Fsp3) is 0.417. The molecule has 0 aliphatic heterocycles. The number of rotatable bonds is 2. The molecule has 0 saturated heterocycles. The Kier molecular flexibility index (Phi) is 2.45. The summed E-state index contributed by atoms with van der Waals surface area (Å²) < 4.78 is 26.2. The van der Waals surface area contributed by atoms with Gasteiger partial charge < -0.3 is 5.32 Å². The van der Waals surface area contributed by atoms with Crippen molar-refractivity contribution in [2.45, 2.75) is 26.3 Å². The molecule has 1 aromatic carbocycles. The maximum absolute atomic E-state index is 13.3. The molecule has 1 N–H and O–H groups in total. The number of amides is 1. The van der Waals surface area contributed by atoms with Crippen molar-refractivity contribution in [1.29, 1.82) is 0 Å². The smallest absolute Gasteiger partial charge is 0.254 e. The molecule has 1 aliphatic carbocycles. The van der Waals surface area contributed by atoms with E-state index in [1.54, 1.807) is 0 Å². The summed E-state index contributed by atoms with van der Waals surface area (Å²) in [5.74, 6) is -2.63. The molecule has 1 fully saturated rings. The Bertz CT molecular complexity index is 443. The van der Waals surface area contributed by atoms with Crippen LogP contribution in [0.2, 0.25) is 0 Å². The van der Waals surface area contributed by atoms with Crippen LogP contribution in [0.15, 0.2) is 18.2 Å². The van der Waals surface area contributed by atoms with Crippen molar-refractivity contribution in [3.63, 3.8) is 0 Å². The summed E-state index contributed by atoms with van der Waals surface area (Å²) >= 11 is 0. The number of carbonyl (C=O) groups is 1. The normalized spacial score (nSPS) is 21.6. The van der Waals surface area contributed by atoms with Crippen molar-refractivity contribution in [3.05, 3.63) is 35.4 Å². The number of carbonyl (C=O) groups excluding carboxylic acids is 1. The molecule has 1 aromatic rings. The fourth-order valence-electron chi connectivity index (χ4n) is 1.63. The van der Waals surface area contributed by atoms with Crippen LogP contribution in [0.25, 0.3) is 0 Å². The molecule has 2 nitrogen and oxygen atoms in total. The molecule has 86 valence electrons. The van der Waals surface area contributed by atoms with Gasteiger partial charge in [-0.15, -0.1) is 0 Å². The second-order valence-electron chi connectivity index (χ2n) is 4.82. The van der Waals surface area contributed by atoms with Gasteiger partial charge in [0.2, 0.25) is 0 Å². The third kappa shape index (κ3) is 1.92. The molecule has 1 amide bonds. The van der Waals surface area contributed by atoms with Gasteiger partial charge in [0.1, 0.15) is 0 Å². The zero-order chi connectivity index (χ0) is 11.9. The minimum Gasteiger partial charge on any atom is -0.349 e. The average molecular weight is 225 g/mol. The minimum absolute atomic E-state index is 0.0580. The highest BCUT2D eigenvalue weighted by Crippen LogP contribution is 2.44. The summed E-state index contributed by atoms with van der Waals surface area (Å²) in [5.41, 5.74) is -0.165. The molecule has 0 heterocycles. The van der Waals surface area contributed by atoms with Gasteiger partial charge in [0.15, 0.2) is 11.6 Å². The van der Waals surface area contributed by atoms with E-state index in [9.17, 15) is 13.6 Å². The van der Waals surface area contributed by atoms with Gasteiger partial charge in [0.25, 0.3) is 5.91 Å². The summed E-state index contributed by atoms with van der Waals surface area (Å²) in [6.45, 7) is 4.03. The lowest BCUT2D eigenvalue weighted by atomic mass is 10.1. The maximum Gasteiger partial charge on any atom is 0.254 e. The van der Waals surface area contributed by atoms with Crippen LogP contribution in [0.3, 0.4) is 0 Å². The highest BCUT2D eigenvalue weighted by Gasteiger charge is 2.46. The van der Waals surface area contributed by atoms with Gasteiger partial charge >= 0.3 is 0 Å². The Morgan fingerprint density at radius 3 is 2.62 bits per heavy atom. The molecule has 4 heteroatoms. The van der Waals surface area contributed by atoms with E-state index >= 15 is 0 Å². The van der Waals surface area contributed by atoms with Crippen molar-refractivity contribution >= 4 is 5.91 Å². The van der Waals surface area contributed by atoms with E-state index in [0.29, 0.717) is 0 Å². The Balaban J connectivity index is 2.13. The lowest BCUT2D eigenvalue weighted by Gasteiger charge is -2.07. The zero-order valence-electron chi connectivity index (χ0n) is 9.18. The predicted molar refractivity (Wildman–Crippen MR) is 56.0 cm³/mol. The van der Waals surface area contributed by atoms with Gasteiger partial charge in [-0.05, 0) is 24.0 Å². The zero-order valence-corrected chi connectivity index (χ0v) is 9.18. The first-order chi connectivity index (χ1) is 7.42. The van der Waals surface area contributed by atoms with Crippen molar-refractivity contribution in [2.24, 2.45) is 5.41 Å². The molecule has 0 aromatic heterocycles. The van der Waals surface area contributed by atoms with E-state index in [1.165, 1.54) is 12.1 Å². The SMILES string of the molecule is CC1(C)CC1NC(=O)c1cccc(F)c1F. The van der Waals surface area contributed by atoms with E-state index in [-0.39, 0.29) is 17.0 Å². The number of benzene rings is 1. The van der Waals surface area contributed by atoms with Crippen molar-refractivity contribution in [1.82, 2.24) is 5.32 Å². The van der Waals surface area contributed by atoms with Gasteiger partial charge in [-0.2, -0.15) is 0 Å². The lowest BCUT2D eigenvalue weighted by molar-refractivity contribution is 0.0941. The van der Waals surface area contributed by atoms with Crippen LogP contribution in [0, 0.1) is 17.0 Å². The van der Waals surface area contributed by atoms with Gasteiger partial charge in [0.05, 0.1) is 5.56 Å². The third-order valence-electron chi connectivity index (χ3n) is 3.01. The Labute approximate surface area is 92.7 Å². The highest BCUT2D eigenvalue weighted by molar-refractivity contribution is 5.94. The number of hydrogen-bond donors (Lipinski definition) is 1. The topological polar surface area (TPSA) is 29.1 Å². The average Bonchev–Trinajstić information content (AvgIpc) is 2.78. The second-order valence-corrected chi connectivity index (χ2v) is 4.82. The van der Waals surface area contributed by atoms with Crippen LogP contribution in [0.5, 0.6) is 0 Å². The first-order valence-corrected chi connectivity index (χ1v) is 5.17. The summed E-state index contributed by atoms with van der Waals surface area (Å²) in [6.07, 6.45) is 0.871. The van der Waals surface area contributed by atoms with E-state index in [0.717, 1.165) is 12.5 Å². The third-order valence-corrected chi connectivity index (χ3v) is 3.01. The minimum atomic E-state index is -1.08. The van der Waals surface area contributed by atoms with Gasteiger partial charge in [-0.1, -0.05) is 19.9 Å². The summed E-state index contributed by atoms with van der Waals surface area (Å²) in [4.78, 5) is 11.6. The second kappa shape index (κ2) is 3.54. The molecular formula is C12H13F2NO. The number of hydrogen-bond acceptors (Lipinski definition) is 1. The van der Waals surface area contributed by atoms with E-state index in [2.05, 4.69) is 5.32 Å². The fourth-order valence-corrected chi connectivity index (χ4v) is 1.63. The predicted octanol–water partition coefficient (Wildman–Crippen LogP) is 2.49. The summed E-state index contributed by atoms with van der Waals surface area (Å²) in [5, 5.41) is 2.68. The maximum atomic E-state index is 13.3. The quantitative estimate of drug-likeness (QED) is 0.823. The molecule has 0 bridgehead atoms. The van der Waals surface area contributed by atoms with Crippen LogP contribution in [-0.2, 0) is 0 Å². The molecule has 1 atom stereocenters. The van der Waals surface area contributed by atoms with Crippen LogP contribution < -0.4 is 5.32 Å². The summed E-state index contributed by atoms with van der Waals surface area (Å²) in [7, 11) is 0. The number of nitrogens with one attached hydrogen (secondary N) is 1. The van der Waals surface area contributed by atoms with Crippen molar-refractivity contribution in [3.8, 4) is 0 Å². The van der Waals surface area contributed by atoms with Crippen LogP contribution in [0.1, 0.15) is 30.6 Å². The van der Waals surface area contributed by atoms with Gasteiger partial charge in [-0.25, -0.2) is 8.78 Å². The van der Waals surface area contributed by atoms with Gasteiger partial charge in [0, 0.05) is 6.04 Å². The van der Waals surface area contributed by atoms with E-state index in [4.69, 9.17) is 0 Å². The van der Waals surface area contributed by atoms with Crippen LogP contribution in [-0.4, -0.2) is 11.9 Å². The van der Waals surface area contributed by atoms with Gasteiger partial charge in [-0.3, -0.25) is 4.79 Å². The number of halogens is 2. The monoisotopic (exact) mass is 225 g/mol. The molecule has 1 unspecified atom stereocenters. The Hall–Kier alpha value is -1.45. The lowest BCUT2D eigenvalue weighted by Crippen LogP contribution is -2.29. The highest BCUT2D eigenvalue weighted by atomic mass is 19.2. The summed E-state index contributed by atoms with van der Waals surface area (Å²) in [6, 6.07) is 3.66. The van der Waals surface area contributed by atoms with Crippen LogP contribution in [0.4, 0.5) is 8.78 Å². The first kappa shape index (κ1) is 11.0. The largest absolute Gasteiger partial charge is 0.349 e. The Morgan fingerprint density at radius 1 is 1.44 bits per heavy atom. The molecule has 0 spiro atoms. The molecule has 0 radical (unpaired) electrons. The van der Waals surface area contributed by atoms with Crippen LogP contribution >= 0.6 is 0 Å². The van der Waals surface area contributed by atoms with E-state index < -0.39 is 17.5 Å². The molecular weight excluding hydrogens is 212 g/mol. The van der Waals surface area contributed by atoms with Crippen molar-refractivity contribution in [2.75, 3.05) is 0 Å². The molecule has 1 aliphatic rings. The Morgan fingerprint density at radius 2 is 2.06 bits per heavy atom. The standard InChI is InChI=1S/C12H13F2NO/c1-12(2)6-9(12)15-11(16)7-4-3-5-8(13)10(7)14/h3-5,9H,6H2,1-2H3,(H,15,16). The van der Waals surface area contributed by atoms with Crippen molar-refractivity contribution < 1.29 is 13.6 Å². The molecule has 2 rings (SSSR count).